The van der Waals surface area contributed by atoms with Crippen LogP contribution in [-0.4, -0.2) is 55.5 Å². The monoisotopic (exact) mass is 388 g/mol. The molecule has 9 nitrogen and oxygen atoms in total. The second-order valence-electron chi connectivity index (χ2n) is 7.02. The van der Waals surface area contributed by atoms with Gasteiger partial charge in [-0.3, -0.25) is 9.78 Å². The van der Waals surface area contributed by atoms with Gasteiger partial charge in [0.2, 0.25) is 0 Å². The third-order valence-electron chi connectivity index (χ3n) is 5.22. The van der Waals surface area contributed by atoms with E-state index in [-0.39, 0.29) is 5.56 Å². The maximum Gasteiger partial charge on any atom is 0.260 e. The first-order valence-corrected chi connectivity index (χ1v) is 9.46. The van der Waals surface area contributed by atoms with Gasteiger partial charge in [0.1, 0.15) is 5.82 Å². The van der Waals surface area contributed by atoms with Crippen LogP contribution in [0.2, 0.25) is 0 Å². The fourth-order valence-electron chi connectivity index (χ4n) is 3.60. The number of hydrogen-bond donors (Lipinski definition) is 0. The molecule has 3 aromatic heterocycles. The van der Waals surface area contributed by atoms with Gasteiger partial charge in [0.05, 0.1) is 29.6 Å². The van der Waals surface area contributed by atoms with Crippen LogP contribution in [0.1, 0.15) is 0 Å². The van der Waals surface area contributed by atoms with Crippen LogP contribution >= 0.6 is 0 Å². The fourth-order valence-corrected chi connectivity index (χ4v) is 3.60. The highest BCUT2D eigenvalue weighted by Crippen LogP contribution is 2.22. The molecule has 4 heterocycles. The zero-order valence-corrected chi connectivity index (χ0v) is 16.0. The van der Waals surface area contributed by atoms with Gasteiger partial charge in [-0.1, -0.05) is 0 Å². The van der Waals surface area contributed by atoms with Gasteiger partial charge in [-0.15, -0.1) is 0 Å². The van der Waals surface area contributed by atoms with Crippen molar-refractivity contribution in [2.75, 3.05) is 36.0 Å². The van der Waals surface area contributed by atoms with Crippen LogP contribution in [0.3, 0.4) is 0 Å². The molecule has 4 aromatic rings. The number of hydrogen-bond acceptors (Lipinski definition) is 7. The zero-order valence-electron chi connectivity index (χ0n) is 16.0. The van der Waals surface area contributed by atoms with Gasteiger partial charge in [-0.05, 0) is 24.3 Å². The molecule has 1 aliphatic rings. The molecule has 0 bridgehead atoms. The van der Waals surface area contributed by atoms with Crippen LogP contribution < -0.4 is 15.4 Å². The first-order valence-electron chi connectivity index (χ1n) is 9.46. The first-order chi connectivity index (χ1) is 14.2. The van der Waals surface area contributed by atoms with Crippen LogP contribution in [0.4, 0.5) is 11.5 Å². The van der Waals surface area contributed by atoms with Crippen molar-refractivity contribution < 1.29 is 0 Å². The molecule has 0 amide bonds. The number of aromatic nitrogens is 6. The van der Waals surface area contributed by atoms with Gasteiger partial charge < -0.3 is 14.4 Å². The summed E-state index contributed by atoms with van der Waals surface area (Å²) >= 11 is 0. The Hall–Kier alpha value is -3.75. The van der Waals surface area contributed by atoms with Crippen molar-refractivity contribution in [1.29, 1.82) is 0 Å². The Labute approximate surface area is 166 Å². The quantitative estimate of drug-likeness (QED) is 0.522. The number of rotatable bonds is 3. The van der Waals surface area contributed by atoms with Crippen molar-refractivity contribution in [2.45, 2.75) is 0 Å². The van der Waals surface area contributed by atoms with Crippen molar-refractivity contribution >= 4 is 22.4 Å². The van der Waals surface area contributed by atoms with Crippen LogP contribution in [0, 0.1) is 0 Å². The first kappa shape index (κ1) is 17.4. The number of aryl methyl sites for hydroxylation is 1. The minimum atomic E-state index is -0.0259. The third-order valence-corrected chi connectivity index (χ3v) is 5.22. The average molecular weight is 388 g/mol. The van der Waals surface area contributed by atoms with Crippen molar-refractivity contribution in [3.8, 4) is 5.82 Å². The Bertz CT molecular complexity index is 1210. The van der Waals surface area contributed by atoms with Gasteiger partial charge in [-0.25, -0.2) is 14.6 Å². The van der Waals surface area contributed by atoms with E-state index in [0.717, 1.165) is 43.2 Å². The van der Waals surface area contributed by atoms with E-state index in [4.69, 9.17) is 4.98 Å². The van der Waals surface area contributed by atoms with Crippen LogP contribution in [-0.2, 0) is 7.05 Å². The van der Waals surface area contributed by atoms with Crippen molar-refractivity contribution in [1.82, 2.24) is 29.3 Å². The fraction of sp³-hybridized carbons (Fsp3) is 0.250. The normalized spacial score (nSPS) is 14.5. The van der Waals surface area contributed by atoms with E-state index in [0.29, 0.717) is 11.2 Å². The summed E-state index contributed by atoms with van der Waals surface area (Å²) in [5, 5.41) is 4.86. The summed E-state index contributed by atoms with van der Waals surface area (Å²) in [6, 6.07) is 7.72. The lowest BCUT2D eigenvalue weighted by Crippen LogP contribution is -2.47. The van der Waals surface area contributed by atoms with E-state index >= 15 is 0 Å². The summed E-state index contributed by atoms with van der Waals surface area (Å²) < 4.78 is 3.21. The van der Waals surface area contributed by atoms with E-state index in [9.17, 15) is 4.79 Å². The number of anilines is 2. The second-order valence-corrected chi connectivity index (χ2v) is 7.02. The molecule has 5 rings (SSSR count). The minimum absolute atomic E-state index is 0.0259. The average Bonchev–Trinajstić information content (AvgIpc) is 3.31. The molecule has 1 saturated heterocycles. The number of piperazine rings is 1. The standard InChI is InChI=1S/C20H20N8O/c1-25-14-22-17-11-15(3-4-16(17)20(25)29)26-7-9-27(10-8-26)18-12-21-13-19(24-18)28-6-2-5-23-28/h2-6,11-14H,7-10H2,1H3. The molecule has 0 spiro atoms. The molecule has 0 aliphatic carbocycles. The highest BCUT2D eigenvalue weighted by Gasteiger charge is 2.19. The topological polar surface area (TPSA) is 85.0 Å². The van der Waals surface area contributed by atoms with Gasteiger partial charge in [0, 0.05) is 51.3 Å². The minimum Gasteiger partial charge on any atom is -0.368 e. The predicted molar refractivity (Wildman–Crippen MR) is 111 cm³/mol. The summed E-state index contributed by atoms with van der Waals surface area (Å²) in [5.74, 6) is 1.55. The number of benzene rings is 1. The highest BCUT2D eigenvalue weighted by molar-refractivity contribution is 5.81. The van der Waals surface area contributed by atoms with Crippen LogP contribution in [0.15, 0.2) is 60.2 Å². The molecular formula is C20H20N8O. The zero-order chi connectivity index (χ0) is 19.8. The second kappa shape index (κ2) is 7.01. The third kappa shape index (κ3) is 3.20. The Balaban J connectivity index is 1.33. The summed E-state index contributed by atoms with van der Waals surface area (Å²) in [6.07, 6.45) is 8.64. The van der Waals surface area contributed by atoms with Gasteiger partial charge in [0.25, 0.3) is 5.56 Å². The number of nitrogens with zero attached hydrogens (tertiary/aromatic N) is 8. The van der Waals surface area contributed by atoms with Gasteiger partial charge >= 0.3 is 0 Å². The molecule has 146 valence electrons. The Morgan fingerprint density at radius 1 is 1.00 bits per heavy atom. The summed E-state index contributed by atoms with van der Waals surface area (Å²) in [6.45, 7) is 3.37. The maximum absolute atomic E-state index is 12.2. The van der Waals surface area contributed by atoms with Crippen LogP contribution in [0.5, 0.6) is 0 Å². The lowest BCUT2D eigenvalue weighted by Gasteiger charge is -2.36. The largest absolute Gasteiger partial charge is 0.368 e. The Morgan fingerprint density at radius 3 is 2.59 bits per heavy atom. The van der Waals surface area contributed by atoms with Crippen molar-refractivity contribution in [3.63, 3.8) is 0 Å². The molecule has 0 atom stereocenters. The van der Waals surface area contributed by atoms with E-state index < -0.39 is 0 Å². The summed E-state index contributed by atoms with van der Waals surface area (Å²) in [7, 11) is 1.71. The molecule has 9 heteroatoms. The van der Waals surface area contributed by atoms with E-state index in [1.807, 2.05) is 30.5 Å². The Morgan fingerprint density at radius 2 is 1.79 bits per heavy atom. The van der Waals surface area contributed by atoms with Crippen LogP contribution in [0.25, 0.3) is 16.7 Å². The molecule has 0 N–H and O–H groups in total. The molecule has 29 heavy (non-hydrogen) atoms. The molecule has 0 saturated carbocycles. The van der Waals surface area contributed by atoms with E-state index in [1.165, 1.54) is 4.57 Å². The molecule has 1 fully saturated rings. The highest BCUT2D eigenvalue weighted by atomic mass is 16.1. The van der Waals surface area contributed by atoms with Gasteiger partial charge in [0.15, 0.2) is 5.82 Å². The van der Waals surface area contributed by atoms with Crippen molar-refractivity contribution in [2.24, 2.45) is 7.05 Å². The van der Waals surface area contributed by atoms with E-state index in [1.54, 1.807) is 36.6 Å². The Kier molecular flexibility index (Phi) is 4.19. The number of fused-ring (bicyclic) bond motifs is 1. The lowest BCUT2D eigenvalue weighted by atomic mass is 10.2. The van der Waals surface area contributed by atoms with Crippen molar-refractivity contribution in [3.05, 3.63) is 65.7 Å². The molecule has 1 aromatic carbocycles. The molecule has 0 radical (unpaired) electrons. The SMILES string of the molecule is Cn1cnc2cc(N3CCN(c4cncc(-n5cccn5)n4)CC3)ccc2c1=O. The molecule has 1 aliphatic heterocycles. The smallest absolute Gasteiger partial charge is 0.260 e. The summed E-state index contributed by atoms with van der Waals surface area (Å²) in [4.78, 5) is 30.2. The van der Waals surface area contributed by atoms with Gasteiger partial charge in [-0.2, -0.15) is 5.10 Å². The van der Waals surface area contributed by atoms with E-state index in [2.05, 4.69) is 24.9 Å². The molecular weight excluding hydrogens is 368 g/mol. The molecule has 0 unspecified atom stereocenters. The predicted octanol–water partition coefficient (Wildman–Crippen LogP) is 1.24. The summed E-state index contributed by atoms with van der Waals surface area (Å²) in [5.41, 5.74) is 1.78. The lowest BCUT2D eigenvalue weighted by molar-refractivity contribution is 0.644. The maximum atomic E-state index is 12.2.